The molecule has 4 aromatic rings. The average Bonchev–Trinajstić information content (AvgIpc) is 3.50. The zero-order valence-corrected chi connectivity index (χ0v) is 29.5. The third kappa shape index (κ3) is 5.32. The maximum Gasteiger partial charge on any atom is 0.276 e. The molecule has 2 amide bonds. The summed E-state index contributed by atoms with van der Waals surface area (Å²) in [4.78, 5) is 55.5. The van der Waals surface area contributed by atoms with Crippen LogP contribution in [0.2, 0.25) is 10.3 Å². The van der Waals surface area contributed by atoms with E-state index < -0.39 is 22.4 Å². The summed E-state index contributed by atoms with van der Waals surface area (Å²) in [6.07, 6.45) is 8.29. The Balaban J connectivity index is 1.08. The van der Waals surface area contributed by atoms with Crippen molar-refractivity contribution < 1.29 is 18.4 Å². The lowest BCUT2D eigenvalue weighted by atomic mass is 9.97. The van der Waals surface area contributed by atoms with Crippen LogP contribution in [0.4, 0.5) is 20.2 Å². The van der Waals surface area contributed by atoms with E-state index in [1.165, 1.54) is 62.1 Å². The summed E-state index contributed by atoms with van der Waals surface area (Å²) in [6, 6.07) is 5.55. The average molecular weight is 758 g/mol. The van der Waals surface area contributed by atoms with Gasteiger partial charge in [-0.1, -0.05) is 29.1 Å². The molecule has 16 heteroatoms. The molecule has 0 aliphatic carbocycles. The highest BCUT2D eigenvalue weighted by Crippen LogP contribution is 2.46. The fraction of sp³-hybridized carbons (Fsp3) is 0.353. The van der Waals surface area contributed by atoms with Gasteiger partial charge in [-0.25, -0.2) is 18.1 Å². The quantitative estimate of drug-likeness (QED) is 0.254. The van der Waals surface area contributed by atoms with E-state index in [9.17, 15) is 19.2 Å². The Hall–Kier alpha value is -3.90. The normalized spacial score (nSPS) is 19.7. The number of fused-ring (bicyclic) bond motifs is 4. The van der Waals surface area contributed by atoms with Crippen molar-refractivity contribution in [3.8, 4) is 34.6 Å². The first-order chi connectivity index (χ1) is 24.0. The van der Waals surface area contributed by atoms with Gasteiger partial charge in [-0.3, -0.25) is 33.4 Å². The molecule has 2 aromatic carbocycles. The number of rotatable bonds is 5. The largest absolute Gasteiger partial charge is 0.324 e. The first-order valence-corrected chi connectivity index (χ1v) is 18.7. The first-order valence-electron chi connectivity index (χ1n) is 16.1. The predicted octanol–water partition coefficient (Wildman–Crippen LogP) is 5.92. The zero-order chi connectivity index (χ0) is 35.0. The molecule has 4 aliphatic rings. The standard InChI is InChI=1S/C34H28Cl2F2N6O4S2/c1-2-6-40-23-12-19(29-30(35)41-7-3-4-8-43(41)33(29)47)21(38)14-25(23)50-26(32(40)46)10-17-5-9-42-31(36)28(34(48)44(42)15-17)18-11-22-24(13-20(18)37)49-16-27(45)39-22/h1,11-14,17,26H,3-10,15-16H2,(H,39,45). The monoisotopic (exact) mass is 756 g/mol. The van der Waals surface area contributed by atoms with E-state index in [0.29, 0.717) is 53.6 Å². The van der Waals surface area contributed by atoms with E-state index in [4.69, 9.17) is 29.6 Å². The van der Waals surface area contributed by atoms with Gasteiger partial charge in [0.15, 0.2) is 0 Å². The number of carbonyl (C=O) groups is 2. The molecule has 0 saturated heterocycles. The molecule has 1 N–H and O–H groups in total. The van der Waals surface area contributed by atoms with Crippen LogP contribution in [0, 0.1) is 29.9 Å². The topological polar surface area (TPSA) is 103 Å². The van der Waals surface area contributed by atoms with E-state index in [0.717, 1.165) is 12.8 Å². The van der Waals surface area contributed by atoms with Crippen molar-refractivity contribution in [1.82, 2.24) is 18.7 Å². The number of aromatic nitrogens is 4. The summed E-state index contributed by atoms with van der Waals surface area (Å²) in [5.74, 6) is 0.817. The van der Waals surface area contributed by atoms with Gasteiger partial charge in [-0.05, 0) is 55.9 Å². The van der Waals surface area contributed by atoms with Gasteiger partial charge in [0.05, 0.1) is 40.0 Å². The van der Waals surface area contributed by atoms with E-state index >= 15 is 8.78 Å². The molecule has 0 bridgehead atoms. The third-order valence-electron chi connectivity index (χ3n) is 9.70. The molecule has 0 fully saturated rings. The van der Waals surface area contributed by atoms with E-state index in [1.54, 1.807) is 9.36 Å². The predicted molar refractivity (Wildman–Crippen MR) is 190 cm³/mol. The van der Waals surface area contributed by atoms with Crippen molar-refractivity contribution in [2.24, 2.45) is 5.92 Å². The Labute approximate surface area is 302 Å². The molecule has 0 spiro atoms. The fourth-order valence-electron chi connectivity index (χ4n) is 7.31. The summed E-state index contributed by atoms with van der Waals surface area (Å²) >= 11 is 15.7. The second kappa shape index (κ2) is 12.7. The number of halogens is 4. The van der Waals surface area contributed by atoms with Gasteiger partial charge >= 0.3 is 0 Å². The van der Waals surface area contributed by atoms with Crippen molar-refractivity contribution in [3.05, 3.63) is 66.9 Å². The number of carbonyl (C=O) groups excluding carboxylic acids is 2. The van der Waals surface area contributed by atoms with Crippen LogP contribution in [-0.2, 0) is 35.8 Å². The summed E-state index contributed by atoms with van der Waals surface area (Å²) in [7, 11) is 0. The van der Waals surface area contributed by atoms with Gasteiger partial charge in [0.2, 0.25) is 11.8 Å². The molecule has 8 rings (SSSR count). The van der Waals surface area contributed by atoms with Gasteiger partial charge in [-0.2, -0.15) is 0 Å². The zero-order valence-electron chi connectivity index (χ0n) is 26.3. The van der Waals surface area contributed by atoms with E-state index in [1.807, 2.05) is 0 Å². The van der Waals surface area contributed by atoms with Gasteiger partial charge in [0, 0.05) is 47.1 Å². The van der Waals surface area contributed by atoms with Crippen molar-refractivity contribution in [2.45, 2.75) is 66.9 Å². The van der Waals surface area contributed by atoms with Crippen LogP contribution < -0.4 is 21.3 Å². The van der Waals surface area contributed by atoms with Gasteiger partial charge in [-0.15, -0.1) is 29.9 Å². The minimum absolute atomic E-state index is 0.00191. The summed E-state index contributed by atoms with van der Waals surface area (Å²) < 4.78 is 37.4. The lowest BCUT2D eigenvalue weighted by molar-refractivity contribution is -0.118. The highest BCUT2D eigenvalue weighted by Gasteiger charge is 2.38. The highest BCUT2D eigenvalue weighted by atomic mass is 35.5. The summed E-state index contributed by atoms with van der Waals surface area (Å²) in [5.41, 5.74) is 0.0314. The van der Waals surface area contributed by atoms with E-state index in [2.05, 4.69) is 11.2 Å². The molecule has 0 radical (unpaired) electrons. The van der Waals surface area contributed by atoms with Gasteiger partial charge in [0.1, 0.15) is 21.9 Å². The number of terminal acetylenes is 1. The minimum atomic E-state index is -0.635. The SMILES string of the molecule is C#CCN1C(=O)C(CC2CCn3c(Cl)c(-c4cc5c(cc4F)SCC(=O)N5)c(=O)n3C2)Sc2cc(F)c(-c3c(Cl)n4n(c3=O)CCCC4)cc21. The number of hydrogen-bond acceptors (Lipinski definition) is 6. The van der Waals surface area contributed by atoms with Crippen LogP contribution in [-0.4, -0.2) is 48.1 Å². The van der Waals surface area contributed by atoms with Crippen LogP contribution in [0.5, 0.6) is 0 Å². The molecule has 2 unspecified atom stereocenters. The smallest absolute Gasteiger partial charge is 0.276 e. The highest BCUT2D eigenvalue weighted by molar-refractivity contribution is 8.01. The van der Waals surface area contributed by atoms with Crippen molar-refractivity contribution in [2.75, 3.05) is 22.5 Å². The lowest BCUT2D eigenvalue weighted by Crippen LogP contribution is -2.43. The summed E-state index contributed by atoms with van der Waals surface area (Å²) in [5, 5.41) is 2.34. The lowest BCUT2D eigenvalue weighted by Gasteiger charge is -2.35. The molecule has 4 aliphatic heterocycles. The van der Waals surface area contributed by atoms with Crippen LogP contribution in [0.3, 0.4) is 0 Å². The Morgan fingerprint density at radius 3 is 2.20 bits per heavy atom. The van der Waals surface area contributed by atoms with Gasteiger partial charge < -0.3 is 5.32 Å². The number of anilines is 2. The first kappa shape index (κ1) is 33.3. The fourth-order valence-corrected chi connectivity index (χ4v) is 10.2. The third-order valence-corrected chi connectivity index (χ3v) is 12.8. The van der Waals surface area contributed by atoms with Crippen molar-refractivity contribution >= 4 is 69.9 Å². The molecule has 0 saturated carbocycles. The van der Waals surface area contributed by atoms with Crippen LogP contribution in [0.15, 0.2) is 43.6 Å². The molecule has 10 nitrogen and oxygen atoms in total. The molecule has 258 valence electrons. The van der Waals surface area contributed by atoms with Crippen LogP contribution in [0.25, 0.3) is 22.3 Å². The second-order valence-corrected chi connectivity index (χ2v) is 15.7. The molecule has 6 heterocycles. The maximum atomic E-state index is 15.8. The number of thioether (sulfide) groups is 2. The molecule has 50 heavy (non-hydrogen) atoms. The molecular weight excluding hydrogens is 729 g/mol. The van der Waals surface area contributed by atoms with Crippen molar-refractivity contribution in [1.29, 1.82) is 0 Å². The van der Waals surface area contributed by atoms with E-state index in [-0.39, 0.29) is 74.7 Å². The number of amides is 2. The number of hydrogen-bond donors (Lipinski definition) is 1. The molecular formula is C34H28Cl2F2N6O4S2. The Kier molecular flexibility index (Phi) is 8.45. The number of benzene rings is 2. The number of nitrogens with one attached hydrogen (secondary N) is 1. The van der Waals surface area contributed by atoms with Crippen LogP contribution >= 0.6 is 46.7 Å². The van der Waals surface area contributed by atoms with Gasteiger partial charge in [0.25, 0.3) is 11.1 Å². The van der Waals surface area contributed by atoms with Crippen molar-refractivity contribution in [3.63, 3.8) is 0 Å². The summed E-state index contributed by atoms with van der Waals surface area (Å²) in [6.45, 7) is 1.54. The number of nitrogens with zero attached hydrogens (tertiary/aromatic N) is 5. The Morgan fingerprint density at radius 1 is 0.860 bits per heavy atom. The maximum absolute atomic E-state index is 15.8. The Morgan fingerprint density at radius 2 is 1.50 bits per heavy atom. The molecule has 2 atom stereocenters. The molecule has 2 aromatic heterocycles. The second-order valence-electron chi connectivity index (χ2n) is 12.7. The Bertz CT molecular complexity index is 2310. The minimum Gasteiger partial charge on any atom is -0.324 e. The van der Waals surface area contributed by atoms with Crippen LogP contribution in [0.1, 0.15) is 25.7 Å².